The third-order valence-electron chi connectivity index (χ3n) is 3.34. The van der Waals surface area contributed by atoms with Crippen LogP contribution in [0.5, 0.6) is 0 Å². The van der Waals surface area contributed by atoms with Gasteiger partial charge in [0.05, 0.1) is 29.0 Å². The Morgan fingerprint density at radius 1 is 1.00 bits per heavy atom. The number of hydrogen-bond donors (Lipinski definition) is 1. The fraction of sp³-hybridized carbons (Fsp3) is 0.0625. The molecule has 0 aliphatic rings. The lowest BCUT2D eigenvalue weighted by molar-refractivity contribution is 0.0600. The van der Waals surface area contributed by atoms with Gasteiger partial charge in [0.25, 0.3) is 0 Å². The van der Waals surface area contributed by atoms with Gasteiger partial charge in [0, 0.05) is 0 Å². The SMILES string of the molecule is COC(=O)c1ccc2c(=O)c3ccc(C(=O)O)cc3oc2c1. The Hall–Kier alpha value is -3.15. The van der Waals surface area contributed by atoms with Gasteiger partial charge in [-0.25, -0.2) is 9.59 Å². The number of aromatic carboxylic acids is 1. The number of carboxylic acid groups (broad SMARTS) is 1. The van der Waals surface area contributed by atoms with Gasteiger partial charge < -0.3 is 14.3 Å². The van der Waals surface area contributed by atoms with Gasteiger partial charge in [0.2, 0.25) is 5.43 Å². The molecule has 0 fully saturated rings. The van der Waals surface area contributed by atoms with Crippen LogP contribution in [0.1, 0.15) is 20.7 Å². The van der Waals surface area contributed by atoms with E-state index in [4.69, 9.17) is 9.52 Å². The maximum Gasteiger partial charge on any atom is 0.337 e. The lowest BCUT2D eigenvalue weighted by Crippen LogP contribution is -2.06. The molecule has 0 aliphatic carbocycles. The maximum absolute atomic E-state index is 12.4. The minimum absolute atomic E-state index is 0.0131. The molecule has 2 aromatic carbocycles. The summed E-state index contributed by atoms with van der Waals surface area (Å²) in [6.45, 7) is 0. The third kappa shape index (κ3) is 2.10. The van der Waals surface area contributed by atoms with Crippen molar-refractivity contribution in [1.29, 1.82) is 0 Å². The zero-order valence-electron chi connectivity index (χ0n) is 11.5. The van der Waals surface area contributed by atoms with Crippen molar-refractivity contribution in [3.05, 3.63) is 57.7 Å². The van der Waals surface area contributed by atoms with Crippen LogP contribution in [0.2, 0.25) is 0 Å². The molecule has 0 aliphatic heterocycles. The molecule has 1 heterocycles. The van der Waals surface area contributed by atoms with E-state index in [9.17, 15) is 14.4 Å². The van der Waals surface area contributed by atoms with Crippen LogP contribution in [-0.4, -0.2) is 24.2 Å². The first kappa shape index (κ1) is 13.8. The Morgan fingerprint density at radius 3 is 2.09 bits per heavy atom. The van der Waals surface area contributed by atoms with Gasteiger partial charge in [-0.1, -0.05) is 0 Å². The van der Waals surface area contributed by atoms with Gasteiger partial charge in [0.15, 0.2) is 0 Å². The van der Waals surface area contributed by atoms with Crippen LogP contribution in [0, 0.1) is 0 Å². The standard InChI is InChI=1S/C16H10O6/c1-21-16(20)9-3-5-11-13(7-9)22-12-6-8(15(18)19)2-4-10(12)14(11)17/h2-7H,1H3,(H,18,19). The largest absolute Gasteiger partial charge is 0.478 e. The van der Waals surface area contributed by atoms with E-state index in [0.29, 0.717) is 5.39 Å². The molecule has 0 radical (unpaired) electrons. The molecule has 0 bridgehead atoms. The number of rotatable bonds is 2. The molecule has 0 unspecified atom stereocenters. The van der Waals surface area contributed by atoms with Gasteiger partial charge in [-0.2, -0.15) is 0 Å². The molecule has 0 atom stereocenters. The number of carboxylic acids is 1. The molecule has 6 heteroatoms. The van der Waals surface area contributed by atoms with Gasteiger partial charge in [-0.15, -0.1) is 0 Å². The first-order chi connectivity index (χ1) is 10.5. The van der Waals surface area contributed by atoms with Crippen LogP contribution >= 0.6 is 0 Å². The Balaban J connectivity index is 2.34. The monoisotopic (exact) mass is 298 g/mol. The second-order valence-corrected chi connectivity index (χ2v) is 4.65. The van der Waals surface area contributed by atoms with E-state index in [-0.39, 0.29) is 33.1 Å². The highest BCUT2D eigenvalue weighted by Gasteiger charge is 2.13. The van der Waals surface area contributed by atoms with Crippen molar-refractivity contribution in [1.82, 2.24) is 0 Å². The normalized spacial score (nSPS) is 10.8. The Kier molecular flexibility index (Phi) is 3.14. The first-order valence-corrected chi connectivity index (χ1v) is 6.33. The van der Waals surface area contributed by atoms with Crippen LogP contribution in [0.25, 0.3) is 21.9 Å². The number of hydrogen-bond acceptors (Lipinski definition) is 5. The second-order valence-electron chi connectivity index (χ2n) is 4.65. The van der Waals surface area contributed by atoms with Crippen LogP contribution in [-0.2, 0) is 4.74 Å². The molecule has 1 aromatic heterocycles. The smallest absolute Gasteiger partial charge is 0.337 e. The van der Waals surface area contributed by atoms with Crippen molar-refractivity contribution in [2.75, 3.05) is 7.11 Å². The number of fused-ring (bicyclic) bond motifs is 2. The summed E-state index contributed by atoms with van der Waals surface area (Å²) in [6.07, 6.45) is 0. The number of carbonyl (C=O) groups is 2. The molecule has 6 nitrogen and oxygen atoms in total. The summed E-state index contributed by atoms with van der Waals surface area (Å²) in [6, 6.07) is 8.40. The van der Waals surface area contributed by atoms with Gasteiger partial charge in [-0.05, 0) is 36.4 Å². The van der Waals surface area contributed by atoms with Crippen molar-refractivity contribution in [2.24, 2.45) is 0 Å². The number of benzene rings is 2. The van der Waals surface area contributed by atoms with Crippen LogP contribution in [0.3, 0.4) is 0 Å². The number of esters is 1. The summed E-state index contributed by atoms with van der Waals surface area (Å²) in [5, 5.41) is 9.58. The quantitative estimate of drug-likeness (QED) is 0.577. The first-order valence-electron chi connectivity index (χ1n) is 6.33. The summed E-state index contributed by atoms with van der Waals surface area (Å²) in [5.41, 5.74) is 0.318. The Labute approximate surface area is 123 Å². The molecule has 0 amide bonds. The third-order valence-corrected chi connectivity index (χ3v) is 3.34. The highest BCUT2D eigenvalue weighted by molar-refractivity contribution is 5.98. The molecule has 110 valence electrons. The molecule has 3 rings (SSSR count). The molecule has 0 saturated heterocycles. The van der Waals surface area contributed by atoms with E-state index in [1.54, 1.807) is 0 Å². The van der Waals surface area contributed by atoms with Crippen molar-refractivity contribution < 1.29 is 23.8 Å². The number of ether oxygens (including phenoxy) is 1. The summed E-state index contributed by atoms with van der Waals surface area (Å²) < 4.78 is 10.2. The zero-order chi connectivity index (χ0) is 15.9. The Bertz CT molecular complexity index is 983. The zero-order valence-corrected chi connectivity index (χ0v) is 11.5. The summed E-state index contributed by atoms with van der Waals surface area (Å²) in [7, 11) is 1.25. The van der Waals surface area contributed by atoms with Gasteiger partial charge >= 0.3 is 11.9 Å². The average molecular weight is 298 g/mol. The van der Waals surface area contributed by atoms with E-state index >= 15 is 0 Å². The molecule has 22 heavy (non-hydrogen) atoms. The molecule has 0 spiro atoms. The molecule has 0 saturated carbocycles. The fourth-order valence-electron chi connectivity index (χ4n) is 2.23. The molecular weight excluding hydrogens is 288 g/mol. The van der Waals surface area contributed by atoms with Crippen molar-refractivity contribution >= 4 is 33.9 Å². The number of methoxy groups -OCH3 is 1. The lowest BCUT2D eigenvalue weighted by Gasteiger charge is -2.04. The predicted molar refractivity (Wildman–Crippen MR) is 78.3 cm³/mol. The van der Waals surface area contributed by atoms with Crippen LogP contribution in [0.4, 0.5) is 0 Å². The Morgan fingerprint density at radius 2 is 1.55 bits per heavy atom. The highest BCUT2D eigenvalue weighted by atomic mass is 16.5. The fourth-order valence-corrected chi connectivity index (χ4v) is 2.23. The van der Waals surface area contributed by atoms with E-state index in [0.717, 1.165) is 0 Å². The molecular formula is C16H10O6. The van der Waals surface area contributed by atoms with Crippen LogP contribution < -0.4 is 5.43 Å². The minimum Gasteiger partial charge on any atom is -0.478 e. The minimum atomic E-state index is -1.12. The molecule has 1 N–H and O–H groups in total. The summed E-state index contributed by atoms with van der Waals surface area (Å²) in [5.74, 6) is -1.67. The van der Waals surface area contributed by atoms with Gasteiger partial charge in [-0.3, -0.25) is 4.79 Å². The van der Waals surface area contributed by atoms with Gasteiger partial charge in [0.1, 0.15) is 11.2 Å². The van der Waals surface area contributed by atoms with Crippen molar-refractivity contribution in [3.63, 3.8) is 0 Å². The maximum atomic E-state index is 12.4. The van der Waals surface area contributed by atoms with E-state index < -0.39 is 11.9 Å². The van der Waals surface area contributed by atoms with Crippen molar-refractivity contribution in [3.8, 4) is 0 Å². The summed E-state index contributed by atoms with van der Waals surface area (Å²) >= 11 is 0. The van der Waals surface area contributed by atoms with E-state index in [1.165, 1.54) is 43.5 Å². The highest BCUT2D eigenvalue weighted by Crippen LogP contribution is 2.21. The van der Waals surface area contributed by atoms with E-state index in [1.807, 2.05) is 0 Å². The van der Waals surface area contributed by atoms with Crippen molar-refractivity contribution in [2.45, 2.75) is 0 Å². The van der Waals surface area contributed by atoms with Crippen LogP contribution in [0.15, 0.2) is 45.6 Å². The number of carbonyl (C=O) groups excluding carboxylic acids is 1. The topological polar surface area (TPSA) is 93.8 Å². The summed E-state index contributed by atoms with van der Waals surface area (Å²) in [4.78, 5) is 34.9. The van der Waals surface area contributed by atoms with E-state index in [2.05, 4.69) is 4.74 Å². The second kappa shape index (κ2) is 5.00. The molecule has 3 aromatic rings. The lowest BCUT2D eigenvalue weighted by atomic mass is 10.1. The average Bonchev–Trinajstić information content (AvgIpc) is 2.53. The predicted octanol–water partition coefficient (Wildman–Crippen LogP) is 2.43.